The third-order valence-corrected chi connectivity index (χ3v) is 5.73. The molecule has 0 amide bonds. The van der Waals surface area contributed by atoms with Crippen LogP contribution in [0.5, 0.6) is 0 Å². The first-order valence-corrected chi connectivity index (χ1v) is 7.31. The smallest absolute Gasteiger partial charge is 0.141 e. The van der Waals surface area contributed by atoms with Crippen molar-refractivity contribution in [1.82, 2.24) is 4.57 Å². The quantitative estimate of drug-likeness (QED) is 0.614. The predicted octanol–water partition coefficient (Wildman–Crippen LogP) is 2.24. The summed E-state index contributed by atoms with van der Waals surface area (Å²) in [7, 11) is 2.08. The third-order valence-electron chi connectivity index (χ3n) is 1.89. The zero-order chi connectivity index (χ0) is 9.72. The first kappa shape index (κ1) is 12.4. The van der Waals surface area contributed by atoms with Gasteiger partial charge in [-0.05, 0) is 17.2 Å². The van der Waals surface area contributed by atoms with Gasteiger partial charge < -0.3 is 4.57 Å². The van der Waals surface area contributed by atoms with E-state index in [9.17, 15) is 0 Å². The molecular weight excluding hydrogens is 178 g/mol. The van der Waals surface area contributed by atoms with Crippen LogP contribution in [0.4, 0.5) is 0 Å². The fourth-order valence-electron chi connectivity index (χ4n) is 1.18. The van der Waals surface area contributed by atoms with Gasteiger partial charge in [-0.2, -0.15) is 0 Å². The lowest BCUT2D eigenvalue weighted by atomic mass is 10.3. The highest BCUT2D eigenvalue weighted by molar-refractivity contribution is 6.56. The molecule has 0 fully saturated rings. The van der Waals surface area contributed by atoms with Gasteiger partial charge in [-0.1, -0.05) is 41.2 Å². The molecule has 1 unspecified atom stereocenters. The summed E-state index contributed by atoms with van der Waals surface area (Å²) in [6.45, 7) is 13.8. The summed E-state index contributed by atoms with van der Waals surface area (Å²) in [5.41, 5.74) is 0. The topological polar surface area (TPSA) is 3.24 Å². The predicted molar refractivity (Wildman–Crippen MR) is 58.9 cm³/mol. The van der Waals surface area contributed by atoms with Gasteiger partial charge in [0.15, 0.2) is 0 Å². The molecule has 0 N–H and O–H groups in total. The van der Waals surface area contributed by atoms with Gasteiger partial charge in [0.05, 0.1) is 0 Å². The summed E-state index contributed by atoms with van der Waals surface area (Å²) in [4.78, 5) is 0. The minimum atomic E-state index is 0.696. The van der Waals surface area contributed by atoms with E-state index >= 15 is 0 Å². The van der Waals surface area contributed by atoms with Gasteiger partial charge in [-0.15, -0.1) is 0 Å². The summed E-state index contributed by atoms with van der Waals surface area (Å²) in [5, 5.41) is 0.884. The van der Waals surface area contributed by atoms with Gasteiger partial charge in [0.2, 0.25) is 0 Å². The first-order chi connectivity index (χ1) is 5.49. The molecule has 12 heavy (non-hydrogen) atoms. The van der Waals surface area contributed by atoms with Crippen molar-refractivity contribution in [3.63, 3.8) is 0 Å². The molecule has 0 saturated carbocycles. The van der Waals surface area contributed by atoms with E-state index in [0.717, 1.165) is 24.4 Å². The lowest BCUT2D eigenvalue weighted by molar-refractivity contribution is 0.310. The lowest BCUT2D eigenvalue weighted by Gasteiger charge is -2.31. The zero-order valence-corrected chi connectivity index (χ0v) is 11.2. The van der Waals surface area contributed by atoms with Crippen LogP contribution in [0.1, 0.15) is 34.6 Å². The molecule has 0 aromatic rings. The molecule has 0 spiro atoms. The van der Waals surface area contributed by atoms with Crippen LogP contribution in [0.25, 0.3) is 0 Å². The maximum atomic E-state index is 2.60. The molecule has 1 nitrogen and oxygen atoms in total. The van der Waals surface area contributed by atoms with Crippen molar-refractivity contribution in [2.75, 3.05) is 0 Å². The van der Waals surface area contributed by atoms with Crippen molar-refractivity contribution >= 4 is 19.2 Å². The van der Waals surface area contributed by atoms with E-state index in [2.05, 4.69) is 45.7 Å². The Morgan fingerprint density at radius 1 is 0.917 bits per heavy atom. The second-order valence-electron chi connectivity index (χ2n) is 3.73. The highest BCUT2D eigenvalue weighted by Gasteiger charge is 2.16. The van der Waals surface area contributed by atoms with Crippen molar-refractivity contribution in [2.24, 2.45) is 0 Å². The Morgan fingerprint density at radius 3 is 1.58 bits per heavy atom. The van der Waals surface area contributed by atoms with Crippen LogP contribution in [0.3, 0.4) is 0 Å². The molecule has 0 aliphatic carbocycles. The largest absolute Gasteiger partial charge is 0.321 e. The minimum absolute atomic E-state index is 0.696. The van der Waals surface area contributed by atoms with Gasteiger partial charge >= 0.3 is 0 Å². The molecule has 0 aliphatic heterocycles. The molecule has 1 atom stereocenters. The van der Waals surface area contributed by atoms with E-state index < -0.39 is 0 Å². The Hall–Kier alpha value is 0.394. The molecule has 0 aliphatic rings. The van der Waals surface area contributed by atoms with Crippen LogP contribution >= 0.6 is 0 Å². The van der Waals surface area contributed by atoms with E-state index in [-0.39, 0.29) is 0 Å². The van der Waals surface area contributed by atoms with Gasteiger partial charge in [0, 0.05) is 9.52 Å². The molecule has 3 heteroatoms. The molecular formula is C9H21NSi2. The molecule has 70 valence electrons. The van der Waals surface area contributed by atoms with E-state index in [1.54, 1.807) is 0 Å². The van der Waals surface area contributed by atoms with Crippen molar-refractivity contribution < 1.29 is 0 Å². The number of nitrogens with zero attached hydrogens (tertiary/aromatic N) is 1. The number of hydrogen-bond acceptors (Lipinski definition) is 1. The summed E-state index contributed by atoms with van der Waals surface area (Å²) in [5.74, 6) is 0. The van der Waals surface area contributed by atoms with Gasteiger partial charge in [-0.25, -0.2) is 0 Å². The maximum absolute atomic E-state index is 2.60. The van der Waals surface area contributed by atoms with E-state index in [0.29, 0.717) is 12.1 Å². The van der Waals surface area contributed by atoms with Gasteiger partial charge in [-0.3, -0.25) is 0 Å². The normalized spacial score (nSPS) is 14.8. The van der Waals surface area contributed by atoms with Crippen molar-refractivity contribution in [1.29, 1.82) is 0 Å². The second kappa shape index (κ2) is 5.94. The van der Waals surface area contributed by atoms with Gasteiger partial charge in [0.25, 0.3) is 0 Å². The van der Waals surface area contributed by atoms with Crippen molar-refractivity contribution in [3.05, 3.63) is 0 Å². The van der Waals surface area contributed by atoms with E-state index in [1.807, 2.05) is 0 Å². The molecule has 4 radical (unpaired) electrons. The second-order valence-corrected chi connectivity index (χ2v) is 7.40. The van der Waals surface area contributed by atoms with E-state index in [1.165, 1.54) is 0 Å². The Balaban J connectivity index is 3.95. The SMILES string of the molecule is C[Si]C(C)[Si]N(C(C)C)C(C)C. The molecule has 0 heterocycles. The average Bonchev–Trinajstić information content (AvgIpc) is 1.98. The van der Waals surface area contributed by atoms with Crippen LogP contribution in [-0.4, -0.2) is 35.8 Å². The van der Waals surface area contributed by atoms with Crippen LogP contribution in [0.15, 0.2) is 0 Å². The lowest BCUT2D eigenvalue weighted by Crippen LogP contribution is -2.42. The molecule has 0 saturated heterocycles. The summed E-state index contributed by atoms with van der Waals surface area (Å²) < 4.78 is 2.60. The van der Waals surface area contributed by atoms with Crippen LogP contribution in [0, 0.1) is 0 Å². The zero-order valence-electron chi connectivity index (χ0n) is 9.18. The highest BCUT2D eigenvalue weighted by atomic mass is 28.3. The van der Waals surface area contributed by atoms with Crippen molar-refractivity contribution in [3.8, 4) is 0 Å². The summed E-state index contributed by atoms with van der Waals surface area (Å²) in [6.07, 6.45) is 0. The monoisotopic (exact) mass is 199 g/mol. The Morgan fingerprint density at radius 2 is 1.33 bits per heavy atom. The minimum Gasteiger partial charge on any atom is -0.321 e. The Kier molecular flexibility index (Phi) is 6.14. The summed E-state index contributed by atoms with van der Waals surface area (Å²) >= 11 is 0. The van der Waals surface area contributed by atoms with E-state index in [4.69, 9.17) is 0 Å². The Bertz CT molecular complexity index is 107. The molecule has 0 bridgehead atoms. The molecule has 0 rings (SSSR count). The van der Waals surface area contributed by atoms with Crippen LogP contribution in [0.2, 0.25) is 11.7 Å². The molecule has 0 aromatic carbocycles. The third kappa shape index (κ3) is 4.43. The molecule has 0 aromatic heterocycles. The van der Waals surface area contributed by atoms with Crippen LogP contribution in [-0.2, 0) is 0 Å². The fourth-order valence-corrected chi connectivity index (χ4v) is 3.19. The summed E-state index contributed by atoms with van der Waals surface area (Å²) in [6, 6.07) is 1.39. The maximum Gasteiger partial charge on any atom is 0.141 e. The average molecular weight is 199 g/mol. The first-order valence-electron chi connectivity index (χ1n) is 4.70. The number of rotatable bonds is 5. The highest BCUT2D eigenvalue weighted by Crippen LogP contribution is 2.09. The number of hydrogen-bond donors (Lipinski definition) is 0. The standard InChI is InChI=1S/C9H21NSi2/c1-7(2)10(8(3)4)12-9(5)11-6/h7-9H,1-6H3. The van der Waals surface area contributed by atoms with Crippen LogP contribution < -0.4 is 0 Å². The fraction of sp³-hybridized carbons (Fsp3) is 1.00. The Labute approximate surface area is 82.6 Å². The van der Waals surface area contributed by atoms with Crippen molar-refractivity contribution in [2.45, 2.75) is 58.4 Å². The van der Waals surface area contributed by atoms with Gasteiger partial charge in [0.1, 0.15) is 9.68 Å².